The number of halogens is 3. The maximum absolute atomic E-state index is 13.3. The molecular weight excluding hydrogens is 593 g/mol. The van der Waals surface area contributed by atoms with Crippen molar-refractivity contribution in [3.05, 3.63) is 92.4 Å². The fourth-order valence-electron chi connectivity index (χ4n) is 3.01. The quantitative estimate of drug-likeness (QED) is 0.315. The molecule has 0 fully saturated rings. The number of hydrogen-bond acceptors (Lipinski definition) is 7. The Morgan fingerprint density at radius 2 is 1.30 bits per heavy atom. The molecule has 0 aliphatic carbocycles. The van der Waals surface area contributed by atoms with Crippen molar-refractivity contribution in [1.82, 2.24) is 0 Å². The molecule has 3 rings (SSSR count). The topological polar surface area (TPSA) is 128 Å². The highest BCUT2D eigenvalue weighted by Gasteiger charge is 2.41. The van der Waals surface area contributed by atoms with E-state index in [-0.39, 0.29) is 22.6 Å². The van der Waals surface area contributed by atoms with E-state index in [1.807, 2.05) is 0 Å². The van der Waals surface area contributed by atoms with Gasteiger partial charge in [0.15, 0.2) is 0 Å². The number of carbonyl (C=O) groups is 4. The summed E-state index contributed by atoms with van der Waals surface area (Å²) in [7, 11) is 1.37. The van der Waals surface area contributed by atoms with Gasteiger partial charge in [0, 0.05) is 14.5 Å². The largest absolute Gasteiger partial charge is 0.495 e. The van der Waals surface area contributed by atoms with E-state index in [0.717, 1.165) is 0 Å². The monoisotopic (exact) mass is 609 g/mol. The number of benzene rings is 3. The third-order valence-corrected chi connectivity index (χ3v) is 5.82. The molecule has 9 nitrogen and oxygen atoms in total. The Labute approximate surface area is 229 Å². The molecule has 0 spiro atoms. The summed E-state index contributed by atoms with van der Waals surface area (Å²) in [6.07, 6.45) is -4.31. The van der Waals surface area contributed by atoms with E-state index in [2.05, 4.69) is 21.2 Å². The van der Waals surface area contributed by atoms with E-state index in [0.29, 0.717) is 14.5 Å². The number of carboxylic acids is 1. The third-order valence-electron chi connectivity index (χ3n) is 4.82. The number of carboxylic acid groups (broad SMARTS) is 1. The highest BCUT2D eigenvalue weighted by molar-refractivity contribution is 9.10. The van der Waals surface area contributed by atoms with Crippen molar-refractivity contribution in [3.8, 4) is 5.75 Å². The number of aliphatic carboxylic acids is 1. The standard InChI is InChI=1S/C25H18BrCl2NO8/c1-35-19-11-6-15(26)12-18(19)29-22(30)20(36-24(33)13-2-7-16(27)8-3-13)21(23(31)32)37-25(34)14-4-9-17(28)10-5-14/h2-12,20-21H,1H3,(H,29,30)(H,31,32)/t20-,21+/m1/s1. The molecular formula is C25H18BrCl2NO8. The Kier molecular flexibility index (Phi) is 9.51. The summed E-state index contributed by atoms with van der Waals surface area (Å²) in [5.41, 5.74) is 0.0884. The van der Waals surface area contributed by atoms with Crippen molar-refractivity contribution in [1.29, 1.82) is 0 Å². The highest BCUT2D eigenvalue weighted by Crippen LogP contribution is 2.28. The van der Waals surface area contributed by atoms with E-state index in [9.17, 15) is 24.3 Å². The first-order chi connectivity index (χ1) is 17.6. The first kappa shape index (κ1) is 28.0. The molecule has 0 unspecified atom stereocenters. The van der Waals surface area contributed by atoms with Crippen molar-refractivity contribution < 1.29 is 38.5 Å². The van der Waals surface area contributed by atoms with Crippen LogP contribution < -0.4 is 10.1 Å². The van der Waals surface area contributed by atoms with Crippen LogP contribution in [0.2, 0.25) is 10.0 Å². The molecule has 3 aromatic carbocycles. The summed E-state index contributed by atoms with van der Waals surface area (Å²) in [5.74, 6) is -4.71. The molecule has 2 N–H and O–H groups in total. The highest BCUT2D eigenvalue weighted by atomic mass is 79.9. The minimum absolute atomic E-state index is 0.0181. The molecule has 3 aromatic rings. The summed E-state index contributed by atoms with van der Waals surface area (Å²) in [4.78, 5) is 50.9. The molecule has 0 saturated carbocycles. The van der Waals surface area contributed by atoms with E-state index in [1.165, 1.54) is 61.7 Å². The van der Waals surface area contributed by atoms with Crippen LogP contribution in [0.1, 0.15) is 20.7 Å². The molecule has 0 radical (unpaired) electrons. The molecule has 0 aliphatic heterocycles. The fourth-order valence-corrected chi connectivity index (χ4v) is 3.63. The summed E-state index contributed by atoms with van der Waals surface area (Å²) < 4.78 is 16.2. The van der Waals surface area contributed by atoms with Gasteiger partial charge in [-0.15, -0.1) is 0 Å². The minimum atomic E-state index is -2.21. The summed E-state index contributed by atoms with van der Waals surface area (Å²) in [5, 5.41) is 13.0. The van der Waals surface area contributed by atoms with Crippen molar-refractivity contribution in [2.75, 3.05) is 12.4 Å². The van der Waals surface area contributed by atoms with Crippen LogP contribution in [0.25, 0.3) is 0 Å². The number of amides is 1. The maximum Gasteiger partial charge on any atom is 0.349 e. The molecule has 37 heavy (non-hydrogen) atoms. The number of methoxy groups -OCH3 is 1. The zero-order valence-electron chi connectivity index (χ0n) is 18.9. The van der Waals surface area contributed by atoms with Gasteiger partial charge in [0.05, 0.1) is 23.9 Å². The van der Waals surface area contributed by atoms with Crippen molar-refractivity contribution >= 4 is 68.6 Å². The van der Waals surface area contributed by atoms with Crippen molar-refractivity contribution in [3.63, 3.8) is 0 Å². The van der Waals surface area contributed by atoms with Crippen LogP contribution in [0.5, 0.6) is 5.75 Å². The Bertz CT molecular complexity index is 1320. The van der Waals surface area contributed by atoms with Gasteiger partial charge in [-0.3, -0.25) is 4.79 Å². The van der Waals surface area contributed by atoms with Crippen LogP contribution in [0.3, 0.4) is 0 Å². The lowest BCUT2D eigenvalue weighted by Crippen LogP contribution is -2.48. The van der Waals surface area contributed by atoms with Crippen LogP contribution in [0, 0.1) is 0 Å². The zero-order chi connectivity index (χ0) is 27.1. The lowest BCUT2D eigenvalue weighted by molar-refractivity contribution is -0.157. The van der Waals surface area contributed by atoms with Gasteiger partial charge in [-0.05, 0) is 66.7 Å². The van der Waals surface area contributed by atoms with Gasteiger partial charge in [-0.25, -0.2) is 14.4 Å². The Hall–Kier alpha value is -3.60. The Morgan fingerprint density at radius 3 is 1.76 bits per heavy atom. The summed E-state index contributed by atoms with van der Waals surface area (Å²) >= 11 is 14.9. The first-order valence-corrected chi connectivity index (χ1v) is 11.9. The smallest absolute Gasteiger partial charge is 0.349 e. The van der Waals surface area contributed by atoms with Crippen LogP contribution >= 0.6 is 39.1 Å². The van der Waals surface area contributed by atoms with Gasteiger partial charge in [0.1, 0.15) is 5.75 Å². The number of carbonyl (C=O) groups excluding carboxylic acids is 3. The molecule has 192 valence electrons. The summed E-state index contributed by atoms with van der Waals surface area (Å²) in [6.45, 7) is 0. The lowest BCUT2D eigenvalue weighted by atomic mass is 10.1. The molecule has 0 bridgehead atoms. The normalized spacial score (nSPS) is 12.1. The fraction of sp³-hybridized carbons (Fsp3) is 0.120. The number of rotatable bonds is 9. The maximum atomic E-state index is 13.3. The second kappa shape index (κ2) is 12.6. The molecule has 2 atom stereocenters. The number of nitrogens with one attached hydrogen (secondary N) is 1. The van der Waals surface area contributed by atoms with Crippen LogP contribution in [-0.4, -0.2) is 48.2 Å². The van der Waals surface area contributed by atoms with Gasteiger partial charge in [0.25, 0.3) is 5.91 Å². The van der Waals surface area contributed by atoms with Crippen molar-refractivity contribution in [2.45, 2.75) is 12.2 Å². The number of hydrogen-bond donors (Lipinski definition) is 2. The molecule has 1 amide bonds. The second-order valence-electron chi connectivity index (χ2n) is 7.34. The van der Waals surface area contributed by atoms with E-state index < -0.39 is 36.0 Å². The van der Waals surface area contributed by atoms with Crippen LogP contribution in [-0.2, 0) is 19.1 Å². The molecule has 0 heterocycles. The first-order valence-electron chi connectivity index (χ1n) is 10.4. The van der Waals surface area contributed by atoms with E-state index in [4.69, 9.17) is 37.4 Å². The number of anilines is 1. The number of esters is 2. The SMILES string of the molecule is COc1ccc(Br)cc1NC(=O)[C@H](OC(=O)c1ccc(Cl)cc1)[C@H](OC(=O)c1ccc(Cl)cc1)C(=O)O. The Balaban J connectivity index is 1.95. The summed E-state index contributed by atoms with van der Waals surface area (Å²) in [6, 6.07) is 15.6. The lowest BCUT2D eigenvalue weighted by Gasteiger charge is -2.24. The minimum Gasteiger partial charge on any atom is -0.495 e. The number of ether oxygens (including phenoxy) is 3. The van der Waals surface area contributed by atoms with Gasteiger partial charge >= 0.3 is 17.9 Å². The predicted molar refractivity (Wildman–Crippen MR) is 138 cm³/mol. The molecule has 0 aliphatic rings. The molecule has 0 saturated heterocycles. The van der Waals surface area contributed by atoms with Crippen LogP contribution in [0.4, 0.5) is 5.69 Å². The van der Waals surface area contributed by atoms with Crippen molar-refractivity contribution in [2.24, 2.45) is 0 Å². The third kappa shape index (κ3) is 7.45. The van der Waals surface area contributed by atoms with Crippen LogP contribution in [0.15, 0.2) is 71.2 Å². The Morgan fingerprint density at radius 1 is 0.811 bits per heavy atom. The van der Waals surface area contributed by atoms with Gasteiger partial charge < -0.3 is 24.6 Å². The molecule has 12 heteroatoms. The molecule has 0 aromatic heterocycles. The zero-order valence-corrected chi connectivity index (χ0v) is 22.0. The van der Waals surface area contributed by atoms with E-state index >= 15 is 0 Å². The average Bonchev–Trinajstić information content (AvgIpc) is 2.86. The van der Waals surface area contributed by atoms with Gasteiger partial charge in [-0.2, -0.15) is 0 Å². The predicted octanol–water partition coefficient (Wildman–Crippen LogP) is 5.24. The van der Waals surface area contributed by atoms with E-state index in [1.54, 1.807) is 12.1 Å². The second-order valence-corrected chi connectivity index (χ2v) is 9.13. The van der Waals surface area contributed by atoms with Gasteiger partial charge in [0.2, 0.25) is 12.2 Å². The van der Waals surface area contributed by atoms with Gasteiger partial charge in [-0.1, -0.05) is 39.1 Å². The average molecular weight is 611 g/mol.